The molecule has 0 aromatic rings. The molecule has 17 unspecified atom stereocenters. The number of hydrogen-bond donors (Lipinski definition) is 12. The molecule has 0 aromatic carbocycles. The lowest BCUT2D eigenvalue weighted by molar-refractivity contribution is -0.379. The normalized spacial score (nSPS) is 31.1. The second kappa shape index (κ2) is 41.7. The minimum absolute atomic E-state index is 0.220. The second-order valence-corrected chi connectivity index (χ2v) is 21.1. The topological polar surface area (TPSA) is 307 Å². The standard InChI is InChI=1S/C58H103NO18/c1-3-5-7-9-11-13-15-17-18-19-20-21-22-23-24-25-27-29-31-33-35-42(63)41(59-46(64)36-34-32-30-28-26-16-14-12-10-8-6-4-2)40-72-56-52(70)49(67)54(44(38-61)74-56)77-58-53(71)50(68)55(45(39-62)75-58)76-57-51(69)48(66)47(65)43(37-60)73-57/h12,14,21-22,25,27,33,35,41-45,47-58,60-63,65-71H,3-11,13,15-20,23-24,26,28-32,34,36-40H2,1-2H3,(H,59,64)/b14-12-,22-21+,27-25+,35-33+. The predicted octanol–water partition coefficient (Wildman–Crippen LogP) is 4.70. The van der Waals surface area contributed by atoms with Crippen LogP contribution in [0, 0.1) is 0 Å². The van der Waals surface area contributed by atoms with Gasteiger partial charge in [0.15, 0.2) is 18.9 Å². The lowest BCUT2D eigenvalue weighted by atomic mass is 9.96. The molecule has 3 fully saturated rings. The van der Waals surface area contributed by atoms with Gasteiger partial charge in [-0.2, -0.15) is 0 Å². The van der Waals surface area contributed by atoms with E-state index in [4.69, 9.17) is 28.4 Å². The Bertz CT molecular complexity index is 1600. The number of carbonyl (C=O) groups is 1. The summed E-state index contributed by atoms with van der Waals surface area (Å²) in [5, 5.41) is 120. The highest BCUT2D eigenvalue weighted by Gasteiger charge is 2.53. The number of allylic oxidation sites excluding steroid dienone is 7. The molecule has 0 bridgehead atoms. The van der Waals surface area contributed by atoms with Gasteiger partial charge in [0, 0.05) is 6.42 Å². The number of aliphatic hydroxyl groups excluding tert-OH is 11. The smallest absolute Gasteiger partial charge is 0.220 e. The minimum atomic E-state index is -1.98. The van der Waals surface area contributed by atoms with Crippen molar-refractivity contribution < 1.29 is 89.4 Å². The van der Waals surface area contributed by atoms with Crippen LogP contribution in [0.3, 0.4) is 0 Å². The summed E-state index contributed by atoms with van der Waals surface area (Å²) < 4.78 is 34.2. The Balaban J connectivity index is 1.53. The van der Waals surface area contributed by atoms with Crippen molar-refractivity contribution in [3.8, 4) is 0 Å². The quantitative estimate of drug-likeness (QED) is 0.0291. The first-order valence-electron chi connectivity index (χ1n) is 29.4. The minimum Gasteiger partial charge on any atom is -0.394 e. The van der Waals surface area contributed by atoms with Crippen LogP contribution in [-0.2, 0) is 33.2 Å². The number of aliphatic hydroxyl groups is 11. The summed E-state index contributed by atoms with van der Waals surface area (Å²) in [5.74, 6) is -0.302. The number of amides is 1. The maximum absolute atomic E-state index is 13.3. The maximum Gasteiger partial charge on any atom is 0.220 e. The van der Waals surface area contributed by atoms with Crippen LogP contribution < -0.4 is 5.32 Å². The van der Waals surface area contributed by atoms with E-state index >= 15 is 0 Å². The van der Waals surface area contributed by atoms with Crippen LogP contribution >= 0.6 is 0 Å². The Morgan fingerprint density at radius 3 is 1.32 bits per heavy atom. The Hall–Kier alpha value is -2.25. The SMILES string of the molecule is CCCCC/C=C\CCCCCCCC(=O)NC(COC1OC(CO)C(OC2OC(CO)C(OC3OC(CO)C(O)C(O)C3O)C(O)C2O)C(O)C1O)C(O)/C=C/CC/C=C/CC/C=C/CCCCCCCCCCCC. The number of ether oxygens (including phenoxy) is 6. The summed E-state index contributed by atoms with van der Waals surface area (Å²) in [6, 6.07) is -0.999. The van der Waals surface area contributed by atoms with Crippen molar-refractivity contribution in [1.29, 1.82) is 0 Å². The van der Waals surface area contributed by atoms with Gasteiger partial charge in [0.05, 0.1) is 38.6 Å². The van der Waals surface area contributed by atoms with E-state index in [1.165, 1.54) is 83.5 Å². The maximum atomic E-state index is 13.3. The van der Waals surface area contributed by atoms with Crippen LogP contribution in [-0.4, -0.2) is 193 Å². The van der Waals surface area contributed by atoms with Gasteiger partial charge in [-0.05, 0) is 70.6 Å². The van der Waals surface area contributed by atoms with E-state index < -0.39 is 124 Å². The van der Waals surface area contributed by atoms with Crippen molar-refractivity contribution in [2.45, 2.75) is 285 Å². The zero-order valence-corrected chi connectivity index (χ0v) is 46.4. The van der Waals surface area contributed by atoms with E-state index in [2.05, 4.69) is 55.6 Å². The molecule has 12 N–H and O–H groups in total. The third-order valence-corrected chi connectivity index (χ3v) is 14.6. The van der Waals surface area contributed by atoms with Gasteiger partial charge < -0.3 is 89.9 Å². The molecule has 0 aliphatic carbocycles. The first-order valence-corrected chi connectivity index (χ1v) is 29.4. The third kappa shape index (κ3) is 26.0. The van der Waals surface area contributed by atoms with Crippen LogP contribution in [0.25, 0.3) is 0 Å². The van der Waals surface area contributed by atoms with Gasteiger partial charge in [-0.3, -0.25) is 4.79 Å². The van der Waals surface area contributed by atoms with Crippen molar-refractivity contribution >= 4 is 5.91 Å². The van der Waals surface area contributed by atoms with Crippen LogP contribution in [0.2, 0.25) is 0 Å². The Labute approximate surface area is 459 Å². The van der Waals surface area contributed by atoms with Gasteiger partial charge in [-0.15, -0.1) is 0 Å². The van der Waals surface area contributed by atoms with E-state index in [0.717, 1.165) is 64.2 Å². The van der Waals surface area contributed by atoms with Crippen LogP contribution in [0.5, 0.6) is 0 Å². The largest absolute Gasteiger partial charge is 0.394 e. The highest BCUT2D eigenvalue weighted by molar-refractivity contribution is 5.76. The molecule has 3 aliphatic heterocycles. The fourth-order valence-electron chi connectivity index (χ4n) is 9.69. The van der Waals surface area contributed by atoms with E-state index in [0.29, 0.717) is 12.8 Å². The zero-order valence-electron chi connectivity index (χ0n) is 46.4. The van der Waals surface area contributed by atoms with E-state index in [-0.39, 0.29) is 18.9 Å². The molecule has 0 spiro atoms. The molecular formula is C58H103NO18. The first-order chi connectivity index (χ1) is 37.3. The number of rotatable bonds is 42. The molecule has 3 aliphatic rings. The molecule has 17 atom stereocenters. The van der Waals surface area contributed by atoms with Crippen molar-refractivity contribution in [2.24, 2.45) is 0 Å². The molecule has 0 aromatic heterocycles. The Morgan fingerprint density at radius 2 is 0.831 bits per heavy atom. The molecule has 448 valence electrons. The van der Waals surface area contributed by atoms with Gasteiger partial charge >= 0.3 is 0 Å². The average Bonchev–Trinajstić information content (AvgIpc) is 3.43. The predicted molar refractivity (Wildman–Crippen MR) is 291 cm³/mol. The number of unbranched alkanes of at least 4 members (excludes halogenated alkanes) is 20. The van der Waals surface area contributed by atoms with E-state index in [1.54, 1.807) is 6.08 Å². The van der Waals surface area contributed by atoms with Gasteiger partial charge in [0.25, 0.3) is 0 Å². The van der Waals surface area contributed by atoms with Crippen LogP contribution in [0.15, 0.2) is 48.6 Å². The highest BCUT2D eigenvalue weighted by atomic mass is 16.8. The summed E-state index contributed by atoms with van der Waals surface area (Å²) in [5.41, 5.74) is 0. The number of carbonyl (C=O) groups excluding carboxylic acids is 1. The summed E-state index contributed by atoms with van der Waals surface area (Å²) in [6.45, 7) is 1.64. The Morgan fingerprint density at radius 1 is 0.455 bits per heavy atom. The van der Waals surface area contributed by atoms with Crippen molar-refractivity contribution in [2.75, 3.05) is 26.4 Å². The van der Waals surface area contributed by atoms with Crippen LogP contribution in [0.4, 0.5) is 0 Å². The highest BCUT2D eigenvalue weighted by Crippen LogP contribution is 2.33. The first kappa shape index (κ1) is 69.0. The van der Waals surface area contributed by atoms with Gasteiger partial charge in [0.1, 0.15) is 73.2 Å². The fourth-order valence-corrected chi connectivity index (χ4v) is 9.69. The fraction of sp³-hybridized carbons (Fsp3) is 0.845. The molecule has 19 heteroatoms. The molecule has 0 radical (unpaired) electrons. The number of hydrogen-bond acceptors (Lipinski definition) is 18. The van der Waals surface area contributed by atoms with Gasteiger partial charge in [0.2, 0.25) is 5.91 Å². The molecule has 3 rings (SSSR count). The van der Waals surface area contributed by atoms with Gasteiger partial charge in [-0.25, -0.2) is 0 Å². The zero-order chi connectivity index (χ0) is 56.2. The molecule has 3 heterocycles. The second-order valence-electron chi connectivity index (χ2n) is 21.1. The average molecular weight is 1100 g/mol. The monoisotopic (exact) mass is 1100 g/mol. The van der Waals surface area contributed by atoms with E-state index in [9.17, 15) is 61.0 Å². The Kier molecular flexibility index (Phi) is 37.4. The van der Waals surface area contributed by atoms with Crippen LogP contribution in [0.1, 0.15) is 181 Å². The summed E-state index contributed by atoms with van der Waals surface area (Å²) in [7, 11) is 0. The number of nitrogens with one attached hydrogen (secondary N) is 1. The lowest BCUT2D eigenvalue weighted by Crippen LogP contribution is -2.66. The summed E-state index contributed by atoms with van der Waals surface area (Å²) in [4.78, 5) is 13.3. The van der Waals surface area contributed by atoms with Crippen molar-refractivity contribution in [3.05, 3.63) is 48.6 Å². The third-order valence-electron chi connectivity index (χ3n) is 14.6. The molecular weight excluding hydrogens is 999 g/mol. The molecule has 3 saturated heterocycles. The lowest BCUT2D eigenvalue weighted by Gasteiger charge is -2.48. The van der Waals surface area contributed by atoms with Gasteiger partial charge in [-0.1, -0.05) is 152 Å². The summed E-state index contributed by atoms with van der Waals surface area (Å²) in [6.07, 6.45) is 18.2. The van der Waals surface area contributed by atoms with E-state index in [1.807, 2.05) is 6.08 Å². The van der Waals surface area contributed by atoms with Crippen molar-refractivity contribution in [1.82, 2.24) is 5.32 Å². The molecule has 0 saturated carbocycles. The molecule has 1 amide bonds. The molecule has 77 heavy (non-hydrogen) atoms. The summed E-state index contributed by atoms with van der Waals surface area (Å²) >= 11 is 0. The van der Waals surface area contributed by atoms with Crippen molar-refractivity contribution in [3.63, 3.8) is 0 Å². The molecule has 19 nitrogen and oxygen atoms in total.